The van der Waals surface area contributed by atoms with Gasteiger partial charge in [-0.3, -0.25) is 4.79 Å². The van der Waals surface area contributed by atoms with E-state index in [1.54, 1.807) is 6.07 Å². The van der Waals surface area contributed by atoms with Crippen LogP contribution in [0, 0.1) is 6.92 Å². The van der Waals surface area contributed by atoms with E-state index < -0.39 is 0 Å². The standard InChI is InChI=1S/C23H24N4O2/c1-15-10-17(7-8-22(15)28)21-12-20(25-14-26-21)16-4-2-5-18(11-16)23(29)27-9-3-6-19(24)13-27/h2,4-5,7-8,10-12,14,19,28H,3,6,9,13,24H2,1H3. The highest BCUT2D eigenvalue weighted by Gasteiger charge is 2.22. The maximum atomic E-state index is 12.9. The van der Waals surface area contributed by atoms with Gasteiger partial charge >= 0.3 is 0 Å². The Bertz CT molecular complexity index is 1050. The minimum Gasteiger partial charge on any atom is -0.508 e. The summed E-state index contributed by atoms with van der Waals surface area (Å²) in [7, 11) is 0. The minimum absolute atomic E-state index is 0.00504. The number of carbonyl (C=O) groups excluding carboxylic acids is 1. The normalized spacial score (nSPS) is 16.6. The molecule has 0 bridgehead atoms. The summed E-state index contributed by atoms with van der Waals surface area (Å²) in [6.07, 6.45) is 3.42. The first-order chi connectivity index (χ1) is 14.0. The Morgan fingerprint density at radius 1 is 1.10 bits per heavy atom. The lowest BCUT2D eigenvalue weighted by molar-refractivity contribution is 0.0709. The van der Waals surface area contributed by atoms with Crippen LogP contribution in [0.15, 0.2) is 54.9 Å². The zero-order chi connectivity index (χ0) is 20.4. The molecule has 6 nitrogen and oxygen atoms in total. The third kappa shape index (κ3) is 4.12. The van der Waals surface area contributed by atoms with Crippen molar-refractivity contribution < 1.29 is 9.90 Å². The summed E-state index contributed by atoms with van der Waals surface area (Å²) >= 11 is 0. The molecule has 2 heterocycles. The van der Waals surface area contributed by atoms with E-state index in [2.05, 4.69) is 9.97 Å². The van der Waals surface area contributed by atoms with E-state index in [0.29, 0.717) is 12.1 Å². The molecule has 0 spiro atoms. The maximum Gasteiger partial charge on any atom is 0.253 e. The molecular formula is C23H24N4O2. The predicted octanol–water partition coefficient (Wildman–Crippen LogP) is 3.39. The fourth-order valence-electron chi connectivity index (χ4n) is 3.68. The molecule has 2 aromatic carbocycles. The molecule has 0 radical (unpaired) electrons. The molecule has 1 aliphatic rings. The third-order valence-corrected chi connectivity index (χ3v) is 5.31. The second-order valence-electron chi connectivity index (χ2n) is 7.52. The Morgan fingerprint density at radius 3 is 2.59 bits per heavy atom. The largest absolute Gasteiger partial charge is 0.508 e. The number of aryl methyl sites for hydroxylation is 1. The van der Waals surface area contributed by atoms with Gasteiger partial charge in [-0.2, -0.15) is 0 Å². The lowest BCUT2D eigenvalue weighted by Gasteiger charge is -2.30. The van der Waals surface area contributed by atoms with E-state index in [1.807, 2.05) is 54.3 Å². The molecule has 1 aromatic heterocycles. The van der Waals surface area contributed by atoms with Crippen molar-refractivity contribution in [1.82, 2.24) is 14.9 Å². The first-order valence-corrected chi connectivity index (χ1v) is 9.78. The summed E-state index contributed by atoms with van der Waals surface area (Å²) in [5.74, 6) is 0.261. The first-order valence-electron chi connectivity index (χ1n) is 9.78. The molecule has 1 unspecified atom stereocenters. The molecule has 1 atom stereocenters. The van der Waals surface area contributed by atoms with Crippen LogP contribution >= 0.6 is 0 Å². The van der Waals surface area contributed by atoms with E-state index >= 15 is 0 Å². The van der Waals surface area contributed by atoms with Gasteiger partial charge in [0.25, 0.3) is 5.91 Å². The van der Waals surface area contributed by atoms with Crippen molar-refractivity contribution in [2.75, 3.05) is 13.1 Å². The number of nitrogens with zero attached hydrogens (tertiary/aromatic N) is 3. The molecular weight excluding hydrogens is 364 g/mol. The molecule has 4 rings (SSSR count). The number of piperidine rings is 1. The van der Waals surface area contributed by atoms with Crippen LogP contribution in [0.2, 0.25) is 0 Å². The summed E-state index contributed by atoms with van der Waals surface area (Å²) in [5, 5.41) is 9.75. The first kappa shape index (κ1) is 19.1. The predicted molar refractivity (Wildman–Crippen MR) is 112 cm³/mol. The molecule has 1 aliphatic heterocycles. The highest BCUT2D eigenvalue weighted by molar-refractivity contribution is 5.95. The zero-order valence-electron chi connectivity index (χ0n) is 16.4. The van der Waals surface area contributed by atoms with E-state index in [0.717, 1.165) is 47.5 Å². The number of phenolic OH excluding ortho intramolecular Hbond substituents is 1. The van der Waals surface area contributed by atoms with E-state index in [4.69, 9.17) is 5.73 Å². The van der Waals surface area contributed by atoms with Gasteiger partial charge in [0.2, 0.25) is 0 Å². The van der Waals surface area contributed by atoms with Crippen LogP contribution < -0.4 is 5.73 Å². The Balaban J connectivity index is 1.63. The Morgan fingerprint density at radius 2 is 1.86 bits per heavy atom. The van der Waals surface area contributed by atoms with Crippen LogP contribution in [0.4, 0.5) is 0 Å². The molecule has 1 saturated heterocycles. The molecule has 148 valence electrons. The third-order valence-electron chi connectivity index (χ3n) is 5.31. The van der Waals surface area contributed by atoms with Gasteiger partial charge in [-0.25, -0.2) is 9.97 Å². The number of phenols is 1. The Hall–Kier alpha value is -3.25. The molecule has 29 heavy (non-hydrogen) atoms. The van der Waals surface area contributed by atoms with Gasteiger partial charge in [0.15, 0.2) is 0 Å². The van der Waals surface area contributed by atoms with Crippen molar-refractivity contribution in [2.24, 2.45) is 5.73 Å². The van der Waals surface area contributed by atoms with E-state index in [1.165, 1.54) is 6.33 Å². The number of likely N-dealkylation sites (tertiary alicyclic amines) is 1. The van der Waals surface area contributed by atoms with Gasteiger partial charge in [0.05, 0.1) is 11.4 Å². The van der Waals surface area contributed by atoms with Crippen molar-refractivity contribution in [1.29, 1.82) is 0 Å². The number of aromatic nitrogens is 2. The van der Waals surface area contributed by atoms with Crippen molar-refractivity contribution in [2.45, 2.75) is 25.8 Å². The number of amides is 1. The summed E-state index contributed by atoms with van der Waals surface area (Å²) < 4.78 is 0. The second-order valence-corrected chi connectivity index (χ2v) is 7.52. The maximum absolute atomic E-state index is 12.9. The van der Waals surface area contributed by atoms with Crippen LogP contribution in [0.3, 0.4) is 0 Å². The highest BCUT2D eigenvalue weighted by Crippen LogP contribution is 2.27. The number of benzene rings is 2. The van der Waals surface area contributed by atoms with Crippen LogP contribution in [0.1, 0.15) is 28.8 Å². The van der Waals surface area contributed by atoms with Crippen molar-refractivity contribution in [3.05, 3.63) is 66.0 Å². The highest BCUT2D eigenvalue weighted by atomic mass is 16.3. The second kappa shape index (κ2) is 8.01. The van der Waals surface area contributed by atoms with Crippen molar-refractivity contribution in [3.63, 3.8) is 0 Å². The van der Waals surface area contributed by atoms with Gasteiger partial charge in [-0.15, -0.1) is 0 Å². The molecule has 3 aromatic rings. The van der Waals surface area contributed by atoms with Gasteiger partial charge in [-0.05, 0) is 61.7 Å². The molecule has 3 N–H and O–H groups in total. The summed E-state index contributed by atoms with van der Waals surface area (Å²) in [6, 6.07) is 14.8. The number of rotatable bonds is 3. The summed E-state index contributed by atoms with van der Waals surface area (Å²) in [6.45, 7) is 3.19. The van der Waals surface area contributed by atoms with Crippen molar-refractivity contribution in [3.8, 4) is 28.3 Å². The number of nitrogens with two attached hydrogens (primary N) is 1. The lowest BCUT2D eigenvalue weighted by atomic mass is 10.0. The van der Waals surface area contributed by atoms with Gasteiger partial charge in [0, 0.05) is 35.8 Å². The van der Waals surface area contributed by atoms with Gasteiger partial charge < -0.3 is 15.7 Å². The Labute approximate surface area is 170 Å². The fourth-order valence-corrected chi connectivity index (χ4v) is 3.68. The smallest absolute Gasteiger partial charge is 0.253 e. The monoisotopic (exact) mass is 388 g/mol. The number of carbonyl (C=O) groups is 1. The molecule has 0 aliphatic carbocycles. The van der Waals surface area contributed by atoms with Gasteiger partial charge in [-0.1, -0.05) is 12.1 Å². The lowest BCUT2D eigenvalue weighted by Crippen LogP contribution is -2.45. The SMILES string of the molecule is Cc1cc(-c2cc(-c3cccc(C(=O)N4CCCC(N)C4)c3)ncn2)ccc1O. The molecule has 0 saturated carbocycles. The Kier molecular flexibility index (Phi) is 5.27. The van der Waals surface area contributed by atoms with Crippen molar-refractivity contribution >= 4 is 5.91 Å². The minimum atomic E-state index is 0.00504. The number of aromatic hydroxyl groups is 1. The van der Waals surface area contributed by atoms with Crippen LogP contribution in [-0.4, -0.2) is 45.0 Å². The average molecular weight is 388 g/mol. The van der Waals surface area contributed by atoms with E-state index in [9.17, 15) is 9.90 Å². The quantitative estimate of drug-likeness (QED) is 0.717. The molecule has 1 amide bonds. The van der Waals surface area contributed by atoms with Crippen LogP contribution in [0.25, 0.3) is 22.5 Å². The average Bonchev–Trinajstić information content (AvgIpc) is 2.75. The zero-order valence-corrected chi connectivity index (χ0v) is 16.4. The number of hydrogen-bond donors (Lipinski definition) is 2. The summed E-state index contributed by atoms with van der Waals surface area (Å²) in [4.78, 5) is 23.5. The fraction of sp³-hybridized carbons (Fsp3) is 0.261. The van der Waals surface area contributed by atoms with Crippen LogP contribution in [-0.2, 0) is 0 Å². The molecule has 1 fully saturated rings. The van der Waals surface area contributed by atoms with Gasteiger partial charge in [0.1, 0.15) is 12.1 Å². The number of hydrogen-bond acceptors (Lipinski definition) is 5. The topological polar surface area (TPSA) is 92.3 Å². The van der Waals surface area contributed by atoms with E-state index in [-0.39, 0.29) is 17.7 Å². The summed E-state index contributed by atoms with van der Waals surface area (Å²) in [5.41, 5.74) is 10.7. The molecule has 6 heteroatoms. The van der Waals surface area contributed by atoms with Crippen LogP contribution in [0.5, 0.6) is 5.75 Å².